The zero-order valence-corrected chi connectivity index (χ0v) is 18.2. The number of rotatable bonds is 6. The molecule has 0 spiro atoms. The molecule has 0 saturated carbocycles. The van der Waals surface area contributed by atoms with Crippen molar-refractivity contribution in [1.29, 1.82) is 0 Å². The van der Waals surface area contributed by atoms with Gasteiger partial charge < -0.3 is 4.98 Å². The predicted octanol–water partition coefficient (Wildman–Crippen LogP) is 5.50. The number of aliphatic imine (C=N–C) groups is 1. The highest BCUT2D eigenvalue weighted by molar-refractivity contribution is 6.03. The molecule has 0 fully saturated rings. The number of aromatic amines is 2. The number of hydrogen-bond acceptors (Lipinski definition) is 2. The van der Waals surface area contributed by atoms with Gasteiger partial charge in [-0.1, -0.05) is 48.5 Å². The number of nitrogens with one attached hydrogen (secondary N) is 2. The first-order valence-electron chi connectivity index (χ1n) is 10.8. The topological polar surface area (TPSA) is 65.9 Å². The molecule has 0 amide bonds. The van der Waals surface area contributed by atoms with Gasteiger partial charge >= 0.3 is 0 Å². The molecule has 6 heteroatoms. The molecule has 164 valence electrons. The highest BCUT2D eigenvalue weighted by atomic mass is 19.1. The fourth-order valence-corrected chi connectivity index (χ4v) is 4.13. The average Bonchev–Trinajstić information content (AvgIpc) is 3.40. The molecule has 5 aromatic rings. The molecule has 33 heavy (non-hydrogen) atoms. The van der Waals surface area contributed by atoms with Gasteiger partial charge in [0.05, 0.1) is 16.9 Å². The number of benzene rings is 3. The van der Waals surface area contributed by atoms with Gasteiger partial charge in [-0.25, -0.2) is 9.07 Å². The highest BCUT2D eigenvalue weighted by Gasteiger charge is 2.19. The third-order valence-corrected chi connectivity index (χ3v) is 5.79. The standard InChI is InChI=1S/C27H23FN4O/c1-18(29-15-14-20-17-30-24-13-12-21(28)16-23(20)24)25-26(19-8-4-2-5-9-19)31-32(27(25)33)22-10-6-3-7-11-22/h2-13,16-17,30-31H,14-15H2,1H3. The van der Waals surface area contributed by atoms with Gasteiger partial charge in [0.2, 0.25) is 0 Å². The Morgan fingerprint density at radius 3 is 2.48 bits per heavy atom. The third kappa shape index (κ3) is 4.03. The first kappa shape index (κ1) is 20.7. The normalized spacial score (nSPS) is 11.9. The maximum atomic E-state index is 13.7. The molecule has 2 heterocycles. The molecule has 5 rings (SSSR count). The van der Waals surface area contributed by atoms with E-state index in [2.05, 4.69) is 10.1 Å². The summed E-state index contributed by atoms with van der Waals surface area (Å²) >= 11 is 0. The Labute approximate surface area is 190 Å². The van der Waals surface area contributed by atoms with Gasteiger partial charge in [-0.2, -0.15) is 0 Å². The number of para-hydroxylation sites is 1. The van der Waals surface area contributed by atoms with E-state index in [-0.39, 0.29) is 11.4 Å². The van der Waals surface area contributed by atoms with Gasteiger partial charge in [0.1, 0.15) is 5.82 Å². The van der Waals surface area contributed by atoms with E-state index in [1.165, 1.54) is 12.1 Å². The van der Waals surface area contributed by atoms with E-state index in [0.29, 0.717) is 24.2 Å². The third-order valence-electron chi connectivity index (χ3n) is 5.79. The van der Waals surface area contributed by atoms with Gasteiger partial charge in [-0.15, -0.1) is 0 Å². The lowest BCUT2D eigenvalue weighted by molar-refractivity contribution is 0.629. The Morgan fingerprint density at radius 2 is 1.73 bits per heavy atom. The van der Waals surface area contributed by atoms with E-state index < -0.39 is 0 Å². The minimum absolute atomic E-state index is 0.143. The van der Waals surface area contributed by atoms with Crippen molar-refractivity contribution in [3.8, 4) is 16.9 Å². The molecular weight excluding hydrogens is 415 g/mol. The Bertz CT molecular complexity index is 1490. The number of H-pyrrole nitrogens is 2. The van der Waals surface area contributed by atoms with Crippen molar-refractivity contribution in [2.24, 2.45) is 4.99 Å². The lowest BCUT2D eigenvalue weighted by Gasteiger charge is -2.03. The molecule has 2 N–H and O–H groups in total. The quantitative estimate of drug-likeness (QED) is 0.338. The van der Waals surface area contributed by atoms with Gasteiger partial charge in [0, 0.05) is 34.9 Å². The van der Waals surface area contributed by atoms with E-state index in [9.17, 15) is 9.18 Å². The van der Waals surface area contributed by atoms with Crippen LogP contribution >= 0.6 is 0 Å². The molecule has 0 bridgehead atoms. The summed E-state index contributed by atoms with van der Waals surface area (Å²) in [5, 5.41) is 4.14. The molecular formula is C27H23FN4O. The van der Waals surface area contributed by atoms with Crippen LogP contribution in [-0.4, -0.2) is 27.0 Å². The van der Waals surface area contributed by atoms with E-state index in [1.54, 1.807) is 10.7 Å². The molecule has 2 aromatic heterocycles. The summed E-state index contributed by atoms with van der Waals surface area (Å²) in [5.41, 5.74) is 5.39. The van der Waals surface area contributed by atoms with Crippen LogP contribution in [0.25, 0.3) is 27.8 Å². The molecule has 0 aliphatic carbocycles. The second kappa shape index (κ2) is 8.74. The minimum Gasteiger partial charge on any atom is -0.361 e. The van der Waals surface area contributed by atoms with E-state index in [4.69, 9.17) is 4.99 Å². The second-order valence-electron chi connectivity index (χ2n) is 7.92. The van der Waals surface area contributed by atoms with Gasteiger partial charge in [-0.05, 0) is 49.2 Å². The van der Waals surface area contributed by atoms with Gasteiger partial charge in [-0.3, -0.25) is 14.9 Å². The van der Waals surface area contributed by atoms with Crippen molar-refractivity contribution in [2.75, 3.05) is 6.54 Å². The monoisotopic (exact) mass is 438 g/mol. The molecule has 5 nitrogen and oxygen atoms in total. The van der Waals surface area contributed by atoms with Crippen molar-refractivity contribution < 1.29 is 4.39 Å². The molecule has 0 aliphatic heterocycles. The number of fused-ring (bicyclic) bond motifs is 1. The van der Waals surface area contributed by atoms with Crippen LogP contribution in [0.5, 0.6) is 0 Å². The molecule has 0 unspecified atom stereocenters. The van der Waals surface area contributed by atoms with Gasteiger partial charge in [0.25, 0.3) is 5.56 Å². The van der Waals surface area contributed by atoms with Crippen molar-refractivity contribution in [2.45, 2.75) is 13.3 Å². The van der Waals surface area contributed by atoms with Crippen LogP contribution < -0.4 is 5.56 Å². The zero-order chi connectivity index (χ0) is 22.8. The van der Waals surface area contributed by atoms with Crippen molar-refractivity contribution in [1.82, 2.24) is 14.8 Å². The SMILES string of the molecule is CC(=NCCc1c[nH]c2ccc(F)cc12)c1c(-c2ccccc2)[nH]n(-c2ccccc2)c1=O. The summed E-state index contributed by atoms with van der Waals surface area (Å²) in [4.78, 5) is 21.3. The molecule has 0 saturated heterocycles. The Hall–Kier alpha value is -4.19. The first-order chi connectivity index (χ1) is 16.1. The fourth-order valence-electron chi connectivity index (χ4n) is 4.13. The highest BCUT2D eigenvalue weighted by Crippen LogP contribution is 2.22. The van der Waals surface area contributed by atoms with Crippen molar-refractivity contribution >= 4 is 16.6 Å². The number of aromatic nitrogens is 3. The molecule has 0 radical (unpaired) electrons. The summed E-state index contributed by atoms with van der Waals surface area (Å²) < 4.78 is 15.2. The van der Waals surface area contributed by atoms with Crippen LogP contribution in [0.2, 0.25) is 0 Å². The van der Waals surface area contributed by atoms with E-state index >= 15 is 0 Å². The number of hydrogen-bond donors (Lipinski definition) is 2. The summed E-state index contributed by atoms with van der Waals surface area (Å²) in [6.45, 7) is 2.35. The smallest absolute Gasteiger partial charge is 0.280 e. The first-order valence-corrected chi connectivity index (χ1v) is 10.8. The van der Waals surface area contributed by atoms with Crippen LogP contribution in [0.4, 0.5) is 4.39 Å². The largest absolute Gasteiger partial charge is 0.361 e. The van der Waals surface area contributed by atoms with Crippen LogP contribution in [0, 0.1) is 5.82 Å². The van der Waals surface area contributed by atoms with E-state index in [1.807, 2.05) is 73.8 Å². The Morgan fingerprint density at radius 1 is 1.00 bits per heavy atom. The lowest BCUT2D eigenvalue weighted by atomic mass is 10.1. The zero-order valence-electron chi connectivity index (χ0n) is 18.2. The van der Waals surface area contributed by atoms with Gasteiger partial charge in [0.15, 0.2) is 0 Å². The lowest BCUT2D eigenvalue weighted by Crippen LogP contribution is -2.19. The van der Waals surface area contributed by atoms with Crippen LogP contribution in [-0.2, 0) is 6.42 Å². The average molecular weight is 439 g/mol. The molecule has 0 atom stereocenters. The summed E-state index contributed by atoms with van der Waals surface area (Å²) in [7, 11) is 0. The maximum absolute atomic E-state index is 13.7. The summed E-state index contributed by atoms with van der Waals surface area (Å²) in [5.74, 6) is -0.260. The summed E-state index contributed by atoms with van der Waals surface area (Å²) in [6, 6.07) is 24.0. The Kier molecular flexibility index (Phi) is 5.48. The van der Waals surface area contributed by atoms with Crippen molar-refractivity contribution in [3.05, 3.63) is 112 Å². The van der Waals surface area contributed by atoms with E-state index in [0.717, 1.165) is 33.4 Å². The Balaban J connectivity index is 1.50. The fraction of sp³-hybridized carbons (Fsp3) is 0.111. The molecule has 0 aliphatic rings. The van der Waals surface area contributed by atoms with Crippen LogP contribution in [0.15, 0.2) is 94.8 Å². The van der Waals surface area contributed by atoms with Crippen molar-refractivity contribution in [3.63, 3.8) is 0 Å². The summed E-state index contributed by atoms with van der Waals surface area (Å²) in [6.07, 6.45) is 2.53. The predicted molar refractivity (Wildman–Crippen MR) is 131 cm³/mol. The van der Waals surface area contributed by atoms with Crippen LogP contribution in [0.1, 0.15) is 18.1 Å². The number of nitrogens with zero attached hydrogens (tertiary/aromatic N) is 2. The number of halogens is 1. The maximum Gasteiger partial charge on any atom is 0.280 e. The molecule has 3 aromatic carbocycles. The minimum atomic E-state index is -0.260. The van der Waals surface area contributed by atoms with Crippen LogP contribution in [0.3, 0.4) is 0 Å². The second-order valence-corrected chi connectivity index (χ2v) is 7.92.